The fraction of sp³-hybridized carbons (Fsp3) is 0.105. The van der Waals surface area contributed by atoms with E-state index in [0.29, 0.717) is 16.5 Å². The van der Waals surface area contributed by atoms with Crippen LogP contribution in [0.2, 0.25) is 0 Å². The molecule has 0 bridgehead atoms. The fourth-order valence-corrected chi connectivity index (χ4v) is 3.06. The first kappa shape index (κ1) is 14.5. The number of benzene rings is 2. The van der Waals surface area contributed by atoms with Crippen molar-refractivity contribution in [3.63, 3.8) is 0 Å². The Morgan fingerprint density at radius 1 is 1.25 bits per heavy atom. The molecular weight excluding hydrogens is 309 g/mol. The smallest absolute Gasteiger partial charge is 0.340 e. The lowest BCUT2D eigenvalue weighted by atomic mass is 9.98. The van der Waals surface area contributed by atoms with Gasteiger partial charge in [-0.3, -0.25) is 0 Å². The third-order valence-corrected chi connectivity index (χ3v) is 4.27. The van der Waals surface area contributed by atoms with Gasteiger partial charge >= 0.3 is 5.97 Å². The number of rotatable bonds is 2. The summed E-state index contributed by atoms with van der Waals surface area (Å²) in [5.74, 6) is -1.22. The summed E-state index contributed by atoms with van der Waals surface area (Å²) in [6, 6.07) is 9.26. The summed E-state index contributed by atoms with van der Waals surface area (Å²) in [5.41, 5.74) is 4.08. The van der Waals surface area contributed by atoms with Crippen molar-refractivity contribution in [3.05, 3.63) is 59.4 Å². The van der Waals surface area contributed by atoms with Crippen LogP contribution in [0.25, 0.3) is 27.9 Å². The number of carboxylic acids is 1. The summed E-state index contributed by atoms with van der Waals surface area (Å²) in [4.78, 5) is 11.8. The largest absolute Gasteiger partial charge is 0.478 e. The lowest BCUT2D eigenvalue weighted by Crippen LogP contribution is -2.07. The highest BCUT2D eigenvalue weighted by atomic mass is 19.1. The van der Waals surface area contributed by atoms with Crippen molar-refractivity contribution in [2.75, 3.05) is 11.9 Å². The third kappa shape index (κ3) is 2.17. The van der Waals surface area contributed by atoms with E-state index in [1.54, 1.807) is 0 Å². The molecule has 0 amide bonds. The molecule has 4 rings (SSSR count). The highest BCUT2D eigenvalue weighted by molar-refractivity contribution is 6.09. The zero-order valence-electron chi connectivity index (χ0n) is 12.9. The van der Waals surface area contributed by atoms with Crippen LogP contribution in [0.15, 0.2) is 46.9 Å². The second-order valence-corrected chi connectivity index (χ2v) is 5.78. The van der Waals surface area contributed by atoms with Crippen LogP contribution in [0.3, 0.4) is 0 Å². The molecule has 5 heteroatoms. The molecule has 0 unspecified atom stereocenters. The minimum Gasteiger partial charge on any atom is -0.478 e. The summed E-state index contributed by atoms with van der Waals surface area (Å²) >= 11 is 0. The third-order valence-electron chi connectivity index (χ3n) is 4.27. The number of halogens is 1. The van der Waals surface area contributed by atoms with E-state index in [2.05, 4.69) is 11.4 Å². The Bertz CT molecular complexity index is 1000. The summed E-state index contributed by atoms with van der Waals surface area (Å²) < 4.78 is 19.0. The van der Waals surface area contributed by atoms with Gasteiger partial charge in [-0.15, -0.1) is 0 Å². The molecule has 1 aromatic heterocycles. The number of furan rings is 1. The second kappa shape index (κ2) is 5.23. The average Bonchev–Trinajstić information content (AvgIpc) is 2.92. The van der Waals surface area contributed by atoms with Gasteiger partial charge in [-0.1, -0.05) is 6.08 Å². The van der Waals surface area contributed by atoms with Gasteiger partial charge in [-0.25, -0.2) is 9.18 Å². The van der Waals surface area contributed by atoms with E-state index >= 15 is 0 Å². The maximum atomic E-state index is 13.2. The zero-order chi connectivity index (χ0) is 16.8. The molecule has 0 aliphatic carbocycles. The van der Waals surface area contributed by atoms with Crippen LogP contribution < -0.4 is 5.32 Å². The summed E-state index contributed by atoms with van der Waals surface area (Å²) in [6.45, 7) is 2.72. The normalized spacial score (nSPS) is 13.3. The van der Waals surface area contributed by atoms with E-state index < -0.39 is 5.97 Å². The van der Waals surface area contributed by atoms with Crippen molar-refractivity contribution < 1.29 is 18.7 Å². The predicted octanol–water partition coefficient (Wildman–Crippen LogP) is 4.77. The van der Waals surface area contributed by atoms with Crippen molar-refractivity contribution in [2.45, 2.75) is 6.92 Å². The maximum absolute atomic E-state index is 13.2. The average molecular weight is 323 g/mol. The van der Waals surface area contributed by atoms with Gasteiger partial charge in [0.1, 0.15) is 22.7 Å². The van der Waals surface area contributed by atoms with Gasteiger partial charge in [0.05, 0.1) is 0 Å². The van der Waals surface area contributed by atoms with Gasteiger partial charge in [0, 0.05) is 34.8 Å². The number of carboxylic acid groups (broad SMARTS) is 1. The molecule has 0 fully saturated rings. The van der Waals surface area contributed by atoms with E-state index in [4.69, 9.17) is 4.42 Å². The molecule has 3 aromatic rings. The van der Waals surface area contributed by atoms with Crippen LogP contribution in [0, 0.1) is 5.82 Å². The van der Waals surface area contributed by atoms with Gasteiger partial charge in [0.2, 0.25) is 0 Å². The first-order chi connectivity index (χ1) is 11.5. The number of carbonyl (C=O) groups is 1. The van der Waals surface area contributed by atoms with Crippen molar-refractivity contribution >= 4 is 28.2 Å². The molecular formula is C19H14FNO3. The Balaban J connectivity index is 2.01. The van der Waals surface area contributed by atoms with E-state index in [9.17, 15) is 14.3 Å². The van der Waals surface area contributed by atoms with E-state index in [1.165, 1.54) is 24.3 Å². The number of allylic oxidation sites excluding steroid dienone is 1. The molecule has 0 atom stereocenters. The molecule has 0 saturated heterocycles. The lowest BCUT2D eigenvalue weighted by molar-refractivity contribution is 0.0699. The highest BCUT2D eigenvalue weighted by Gasteiger charge is 2.24. The van der Waals surface area contributed by atoms with Crippen LogP contribution >= 0.6 is 0 Å². The van der Waals surface area contributed by atoms with E-state index in [-0.39, 0.29) is 17.1 Å². The Kier molecular flexibility index (Phi) is 3.16. The van der Waals surface area contributed by atoms with Crippen molar-refractivity contribution in [2.24, 2.45) is 0 Å². The molecule has 120 valence electrons. The van der Waals surface area contributed by atoms with Crippen LogP contribution in [-0.4, -0.2) is 17.6 Å². The number of aromatic carboxylic acids is 1. The monoisotopic (exact) mass is 323 g/mol. The van der Waals surface area contributed by atoms with Gasteiger partial charge in [0.15, 0.2) is 0 Å². The van der Waals surface area contributed by atoms with Crippen LogP contribution in [0.4, 0.5) is 10.1 Å². The predicted molar refractivity (Wildman–Crippen MR) is 90.7 cm³/mol. The number of fused-ring (bicyclic) bond motifs is 2. The lowest BCUT2D eigenvalue weighted by Gasteiger charge is -2.16. The molecule has 1 aliphatic rings. The quantitative estimate of drug-likeness (QED) is 0.713. The maximum Gasteiger partial charge on any atom is 0.340 e. The first-order valence-corrected chi connectivity index (χ1v) is 7.55. The van der Waals surface area contributed by atoms with Gasteiger partial charge in [-0.05, 0) is 42.8 Å². The fourth-order valence-electron chi connectivity index (χ4n) is 3.06. The Morgan fingerprint density at radius 3 is 2.71 bits per heavy atom. The van der Waals surface area contributed by atoms with E-state index in [1.807, 2.05) is 19.1 Å². The van der Waals surface area contributed by atoms with Crippen molar-refractivity contribution in [1.82, 2.24) is 0 Å². The molecule has 2 N–H and O–H groups in total. The highest BCUT2D eigenvalue weighted by Crippen LogP contribution is 2.39. The summed E-state index contributed by atoms with van der Waals surface area (Å²) in [6.07, 6.45) is 2.05. The number of nitrogens with one attached hydrogen (secondary N) is 1. The minimum absolute atomic E-state index is 0.0952. The van der Waals surface area contributed by atoms with Crippen molar-refractivity contribution in [1.29, 1.82) is 0 Å². The van der Waals surface area contributed by atoms with Gasteiger partial charge in [-0.2, -0.15) is 0 Å². The molecule has 4 nitrogen and oxygen atoms in total. The molecule has 0 saturated carbocycles. The van der Waals surface area contributed by atoms with Crippen molar-refractivity contribution in [3.8, 4) is 11.3 Å². The number of hydrogen-bond donors (Lipinski definition) is 2. The SMILES string of the molecule is CC1=CCNc2cc3oc(-c4ccc(F)cc4)c(C(=O)O)c3cc21. The first-order valence-electron chi connectivity index (χ1n) is 7.55. The number of hydrogen-bond acceptors (Lipinski definition) is 3. The van der Waals surface area contributed by atoms with E-state index in [0.717, 1.165) is 23.4 Å². The summed E-state index contributed by atoms with van der Waals surface area (Å²) in [7, 11) is 0. The Hall–Kier alpha value is -3.08. The molecule has 0 radical (unpaired) electrons. The van der Waals surface area contributed by atoms with Gasteiger partial charge < -0.3 is 14.8 Å². The molecule has 2 heterocycles. The molecule has 2 aromatic carbocycles. The zero-order valence-corrected chi connectivity index (χ0v) is 12.9. The second-order valence-electron chi connectivity index (χ2n) is 5.78. The standard InChI is InChI=1S/C19H14FNO3/c1-10-6-7-21-15-9-16-14(8-13(10)15)17(19(22)23)18(24-16)11-2-4-12(20)5-3-11/h2-6,8-9,21H,7H2,1H3,(H,22,23). The van der Waals surface area contributed by atoms with Crippen LogP contribution in [0.5, 0.6) is 0 Å². The molecule has 0 spiro atoms. The molecule has 24 heavy (non-hydrogen) atoms. The number of anilines is 1. The minimum atomic E-state index is -1.07. The Morgan fingerprint density at radius 2 is 2.00 bits per heavy atom. The molecule has 1 aliphatic heterocycles. The van der Waals surface area contributed by atoms with Crippen LogP contribution in [0.1, 0.15) is 22.8 Å². The Labute approximate surface area is 137 Å². The summed E-state index contributed by atoms with van der Waals surface area (Å²) in [5, 5.41) is 13.5. The van der Waals surface area contributed by atoms with Crippen LogP contribution in [-0.2, 0) is 0 Å². The topological polar surface area (TPSA) is 62.5 Å². The van der Waals surface area contributed by atoms with Gasteiger partial charge in [0.25, 0.3) is 0 Å².